The van der Waals surface area contributed by atoms with E-state index in [4.69, 9.17) is 21.1 Å². The van der Waals surface area contributed by atoms with Crippen LogP contribution < -0.4 is 19.1 Å². The highest BCUT2D eigenvalue weighted by Gasteiger charge is 2.34. The third-order valence-corrected chi connectivity index (χ3v) is 7.91. The van der Waals surface area contributed by atoms with Crippen LogP contribution in [0.2, 0.25) is 5.02 Å². The Labute approximate surface area is 253 Å². The van der Waals surface area contributed by atoms with E-state index in [1.54, 1.807) is 30.3 Å². The minimum atomic E-state index is -3.94. The molecule has 226 valence electrons. The van der Waals surface area contributed by atoms with Crippen LogP contribution in [0.5, 0.6) is 11.5 Å². The summed E-state index contributed by atoms with van der Waals surface area (Å²) in [6, 6.07) is 20.0. The molecule has 0 heterocycles. The van der Waals surface area contributed by atoms with E-state index in [0.717, 1.165) is 16.1 Å². The highest BCUT2D eigenvalue weighted by Crippen LogP contribution is 2.32. The number of sulfonamides is 1. The van der Waals surface area contributed by atoms with Crippen molar-refractivity contribution in [2.24, 2.45) is 0 Å². The number of nitrogens with one attached hydrogen (secondary N) is 1. The summed E-state index contributed by atoms with van der Waals surface area (Å²) in [7, 11) is -1.04. The molecule has 1 atom stereocenters. The molecule has 2 amide bonds. The zero-order valence-corrected chi connectivity index (χ0v) is 26.3. The molecule has 1 N–H and O–H groups in total. The number of rotatable bonds is 12. The first-order chi connectivity index (χ1) is 19.7. The molecule has 42 heavy (non-hydrogen) atoms. The number of benzene rings is 3. The van der Waals surface area contributed by atoms with Crippen LogP contribution in [0.3, 0.4) is 0 Å². The van der Waals surface area contributed by atoms with Crippen molar-refractivity contribution in [1.82, 2.24) is 10.2 Å². The smallest absolute Gasteiger partial charge is 0.244 e. The summed E-state index contributed by atoms with van der Waals surface area (Å²) in [5, 5.41) is 3.41. The Bertz CT molecular complexity index is 1490. The number of halogens is 1. The van der Waals surface area contributed by atoms with Gasteiger partial charge in [-0.1, -0.05) is 60.1 Å². The van der Waals surface area contributed by atoms with Crippen molar-refractivity contribution in [3.63, 3.8) is 0 Å². The molecule has 0 spiro atoms. The standard InChI is InChI=1S/C31H38ClN3O6S/c1-31(2,3)33-30(37)26(18-22-12-8-7-9-13-22)34(20-23-14-10-11-15-25(23)32)29(36)21-35(42(6,38)39)24-16-17-27(40-4)28(19-24)41-5/h7-17,19,26H,18,20-21H2,1-6H3,(H,33,37)/t26-/m1/s1. The molecular formula is C31H38ClN3O6S. The largest absolute Gasteiger partial charge is 0.493 e. The lowest BCUT2D eigenvalue weighted by molar-refractivity contribution is -0.140. The van der Waals surface area contributed by atoms with E-state index in [1.165, 1.54) is 31.3 Å². The van der Waals surface area contributed by atoms with Gasteiger partial charge in [-0.05, 0) is 50.1 Å². The van der Waals surface area contributed by atoms with Crippen LogP contribution in [0.25, 0.3) is 0 Å². The lowest BCUT2D eigenvalue weighted by Gasteiger charge is -2.35. The Balaban J connectivity index is 2.11. The number of nitrogens with zero attached hydrogens (tertiary/aromatic N) is 2. The summed E-state index contributed by atoms with van der Waals surface area (Å²) < 4.78 is 37.7. The lowest BCUT2D eigenvalue weighted by Crippen LogP contribution is -2.56. The van der Waals surface area contributed by atoms with E-state index in [9.17, 15) is 18.0 Å². The maximum atomic E-state index is 14.2. The van der Waals surface area contributed by atoms with Crippen LogP contribution in [0, 0.1) is 0 Å². The average molecular weight is 616 g/mol. The molecule has 0 aliphatic carbocycles. The second-order valence-corrected chi connectivity index (χ2v) is 13.2. The van der Waals surface area contributed by atoms with Crippen molar-refractivity contribution in [3.8, 4) is 11.5 Å². The topological polar surface area (TPSA) is 105 Å². The summed E-state index contributed by atoms with van der Waals surface area (Å²) in [6.45, 7) is 4.98. The van der Waals surface area contributed by atoms with Gasteiger partial charge in [0, 0.05) is 29.6 Å². The van der Waals surface area contributed by atoms with Crippen LogP contribution in [-0.2, 0) is 32.6 Å². The van der Waals surface area contributed by atoms with Gasteiger partial charge >= 0.3 is 0 Å². The van der Waals surface area contributed by atoms with Gasteiger partial charge in [-0.25, -0.2) is 8.42 Å². The maximum absolute atomic E-state index is 14.2. The van der Waals surface area contributed by atoms with E-state index in [-0.39, 0.29) is 24.6 Å². The molecule has 0 saturated heterocycles. The van der Waals surface area contributed by atoms with Gasteiger partial charge < -0.3 is 19.7 Å². The molecule has 0 unspecified atom stereocenters. The van der Waals surface area contributed by atoms with Gasteiger partial charge in [0.25, 0.3) is 0 Å². The predicted octanol–water partition coefficient (Wildman–Crippen LogP) is 4.68. The highest BCUT2D eigenvalue weighted by atomic mass is 35.5. The van der Waals surface area contributed by atoms with E-state index >= 15 is 0 Å². The molecule has 3 aromatic carbocycles. The summed E-state index contributed by atoms with van der Waals surface area (Å²) in [6.07, 6.45) is 1.22. The molecule has 0 fully saturated rings. The van der Waals surface area contributed by atoms with Gasteiger partial charge in [0.1, 0.15) is 12.6 Å². The predicted molar refractivity (Wildman–Crippen MR) is 166 cm³/mol. The first-order valence-corrected chi connectivity index (χ1v) is 15.5. The van der Waals surface area contributed by atoms with Gasteiger partial charge in [0.15, 0.2) is 11.5 Å². The minimum absolute atomic E-state index is 0.0168. The number of ether oxygens (including phenoxy) is 2. The van der Waals surface area contributed by atoms with Crippen LogP contribution in [0.4, 0.5) is 5.69 Å². The van der Waals surface area contributed by atoms with Crippen LogP contribution in [-0.4, -0.2) is 63.7 Å². The third-order valence-electron chi connectivity index (χ3n) is 6.40. The number of carbonyl (C=O) groups is 2. The summed E-state index contributed by atoms with van der Waals surface area (Å²) in [5.74, 6) is -0.248. The fraction of sp³-hybridized carbons (Fsp3) is 0.355. The Morgan fingerprint density at radius 2 is 1.55 bits per heavy atom. The number of amides is 2. The summed E-state index contributed by atoms with van der Waals surface area (Å²) >= 11 is 6.49. The van der Waals surface area contributed by atoms with Gasteiger partial charge in [-0.3, -0.25) is 13.9 Å². The Kier molecular flexibility index (Phi) is 10.9. The number of carbonyl (C=O) groups excluding carboxylic acids is 2. The summed E-state index contributed by atoms with van der Waals surface area (Å²) in [4.78, 5) is 29.4. The second-order valence-electron chi connectivity index (χ2n) is 10.9. The molecule has 0 bridgehead atoms. The Hall–Kier alpha value is -3.76. The maximum Gasteiger partial charge on any atom is 0.244 e. The zero-order valence-electron chi connectivity index (χ0n) is 24.8. The van der Waals surface area contributed by atoms with E-state index in [1.807, 2.05) is 51.1 Å². The first-order valence-electron chi connectivity index (χ1n) is 13.3. The second kappa shape index (κ2) is 13.9. The third kappa shape index (κ3) is 8.87. The molecule has 0 saturated carbocycles. The normalized spacial score (nSPS) is 12.3. The molecule has 0 radical (unpaired) electrons. The Morgan fingerprint density at radius 3 is 2.12 bits per heavy atom. The fourth-order valence-electron chi connectivity index (χ4n) is 4.41. The van der Waals surface area contributed by atoms with Crippen molar-refractivity contribution in [2.45, 2.75) is 45.3 Å². The van der Waals surface area contributed by atoms with Gasteiger partial charge in [0.05, 0.1) is 26.2 Å². The van der Waals surface area contributed by atoms with Gasteiger partial charge in [0.2, 0.25) is 21.8 Å². The first kappa shape index (κ1) is 32.8. The molecule has 9 nitrogen and oxygen atoms in total. The minimum Gasteiger partial charge on any atom is -0.493 e. The zero-order chi connectivity index (χ0) is 31.1. The Morgan fingerprint density at radius 1 is 0.929 bits per heavy atom. The van der Waals surface area contributed by atoms with E-state index < -0.39 is 34.1 Å². The fourth-order valence-corrected chi connectivity index (χ4v) is 5.45. The van der Waals surface area contributed by atoms with Crippen molar-refractivity contribution >= 4 is 39.1 Å². The lowest BCUT2D eigenvalue weighted by atomic mass is 10.0. The van der Waals surface area contributed by atoms with Crippen molar-refractivity contribution in [2.75, 3.05) is 31.3 Å². The summed E-state index contributed by atoms with van der Waals surface area (Å²) in [5.41, 5.74) is 1.08. The average Bonchev–Trinajstić information content (AvgIpc) is 2.93. The molecule has 11 heteroatoms. The molecule has 0 aliphatic heterocycles. The molecule has 0 aromatic heterocycles. The molecule has 3 rings (SSSR count). The number of hydrogen-bond acceptors (Lipinski definition) is 6. The van der Waals surface area contributed by atoms with Crippen LogP contribution in [0.1, 0.15) is 31.9 Å². The monoisotopic (exact) mass is 615 g/mol. The van der Waals surface area contributed by atoms with Gasteiger partial charge in [-0.15, -0.1) is 0 Å². The molecule has 0 aliphatic rings. The molecule has 3 aromatic rings. The molecular weight excluding hydrogens is 578 g/mol. The number of methoxy groups -OCH3 is 2. The van der Waals surface area contributed by atoms with Crippen LogP contribution in [0.15, 0.2) is 72.8 Å². The van der Waals surface area contributed by atoms with Crippen LogP contribution >= 0.6 is 11.6 Å². The van der Waals surface area contributed by atoms with Crippen molar-refractivity contribution in [1.29, 1.82) is 0 Å². The van der Waals surface area contributed by atoms with E-state index in [2.05, 4.69) is 5.32 Å². The van der Waals surface area contributed by atoms with Gasteiger partial charge in [-0.2, -0.15) is 0 Å². The quantitative estimate of drug-likeness (QED) is 0.317. The van der Waals surface area contributed by atoms with Crippen molar-refractivity contribution in [3.05, 3.63) is 88.9 Å². The highest BCUT2D eigenvalue weighted by molar-refractivity contribution is 7.92. The SMILES string of the molecule is COc1ccc(N(CC(=O)N(Cc2ccccc2Cl)[C@H](Cc2ccccc2)C(=O)NC(C)(C)C)S(C)(=O)=O)cc1OC. The number of hydrogen-bond donors (Lipinski definition) is 1. The van der Waals surface area contributed by atoms with E-state index in [0.29, 0.717) is 22.1 Å². The van der Waals surface area contributed by atoms with Crippen molar-refractivity contribution < 1.29 is 27.5 Å². The number of anilines is 1.